The summed E-state index contributed by atoms with van der Waals surface area (Å²) in [6.45, 7) is 5.01. The number of carbonyl (C=O) groups is 1. The van der Waals surface area contributed by atoms with Gasteiger partial charge in [-0.15, -0.1) is 0 Å². The van der Waals surface area contributed by atoms with Crippen molar-refractivity contribution < 1.29 is 14.6 Å². The van der Waals surface area contributed by atoms with E-state index in [2.05, 4.69) is 0 Å². The Morgan fingerprint density at radius 1 is 1.33 bits per heavy atom. The molecule has 0 bridgehead atoms. The first kappa shape index (κ1) is 12.6. The molecule has 0 heterocycles. The van der Waals surface area contributed by atoms with Gasteiger partial charge in [0.2, 0.25) is 0 Å². The summed E-state index contributed by atoms with van der Waals surface area (Å²) in [6, 6.07) is 7.38. The van der Waals surface area contributed by atoms with Crippen LogP contribution in [0.3, 0.4) is 0 Å². The fourth-order valence-corrected chi connectivity index (χ4v) is 2.03. The van der Waals surface area contributed by atoms with Gasteiger partial charge in [-0.05, 0) is 25.5 Å². The molecule has 4 nitrogen and oxygen atoms in total. The van der Waals surface area contributed by atoms with Crippen LogP contribution in [0.15, 0.2) is 30.3 Å². The van der Waals surface area contributed by atoms with E-state index in [9.17, 15) is 9.90 Å². The highest BCUT2D eigenvalue weighted by Gasteiger charge is 2.25. The zero-order valence-electron chi connectivity index (χ0n) is 10.6. The molecular weight excluding hydrogens is 230 g/mol. The van der Waals surface area contributed by atoms with Gasteiger partial charge in [-0.3, -0.25) is 0 Å². The first-order valence-corrected chi connectivity index (χ1v) is 6.13. The Hall–Kier alpha value is -1.81. The smallest absolute Gasteiger partial charge is 0.410 e. The van der Waals surface area contributed by atoms with Gasteiger partial charge in [-0.2, -0.15) is 0 Å². The SMILES string of the molecule is CCN(CC)C(=O)OC1=CC(O)c2ccccc21. The Morgan fingerprint density at radius 3 is 2.67 bits per heavy atom. The summed E-state index contributed by atoms with van der Waals surface area (Å²) in [5, 5.41) is 9.84. The van der Waals surface area contributed by atoms with Crippen molar-refractivity contribution >= 4 is 11.9 Å². The summed E-state index contributed by atoms with van der Waals surface area (Å²) in [7, 11) is 0. The maximum Gasteiger partial charge on any atom is 0.415 e. The number of aliphatic hydroxyl groups excluding tert-OH is 1. The second-order valence-electron chi connectivity index (χ2n) is 4.10. The van der Waals surface area contributed by atoms with Crippen LogP contribution in [0.1, 0.15) is 31.1 Å². The van der Waals surface area contributed by atoms with Crippen LogP contribution in [0.5, 0.6) is 0 Å². The van der Waals surface area contributed by atoms with Crippen LogP contribution in [0.2, 0.25) is 0 Å². The van der Waals surface area contributed by atoms with Gasteiger partial charge in [0, 0.05) is 18.7 Å². The minimum Gasteiger partial charge on any atom is -0.410 e. The molecule has 0 saturated carbocycles. The third-order valence-electron chi connectivity index (χ3n) is 3.07. The lowest BCUT2D eigenvalue weighted by atomic mass is 10.1. The van der Waals surface area contributed by atoms with Crippen LogP contribution in [-0.4, -0.2) is 29.2 Å². The van der Waals surface area contributed by atoms with Crippen molar-refractivity contribution in [1.29, 1.82) is 0 Å². The van der Waals surface area contributed by atoms with E-state index in [1.165, 1.54) is 0 Å². The number of nitrogens with zero attached hydrogens (tertiary/aromatic N) is 1. The number of amides is 1. The van der Waals surface area contributed by atoms with Crippen LogP contribution >= 0.6 is 0 Å². The number of hydrogen-bond acceptors (Lipinski definition) is 3. The average molecular weight is 247 g/mol. The fourth-order valence-electron chi connectivity index (χ4n) is 2.03. The predicted octanol–water partition coefficient (Wildman–Crippen LogP) is 2.55. The van der Waals surface area contributed by atoms with Crippen molar-refractivity contribution in [3.8, 4) is 0 Å². The maximum atomic E-state index is 11.9. The molecule has 0 spiro atoms. The molecule has 1 amide bonds. The second-order valence-corrected chi connectivity index (χ2v) is 4.10. The molecular formula is C14H17NO3. The number of ether oxygens (including phenoxy) is 1. The average Bonchev–Trinajstić information content (AvgIpc) is 2.69. The number of fused-ring (bicyclic) bond motifs is 1. The molecule has 2 rings (SSSR count). The Morgan fingerprint density at radius 2 is 2.00 bits per heavy atom. The lowest BCUT2D eigenvalue weighted by Gasteiger charge is -2.18. The molecule has 1 aromatic carbocycles. The first-order chi connectivity index (χ1) is 8.67. The van der Waals surface area contributed by atoms with Gasteiger partial charge in [-0.25, -0.2) is 4.79 Å². The van der Waals surface area contributed by atoms with Gasteiger partial charge in [0.25, 0.3) is 0 Å². The summed E-state index contributed by atoms with van der Waals surface area (Å²) < 4.78 is 5.34. The lowest BCUT2D eigenvalue weighted by Crippen LogP contribution is -2.30. The van der Waals surface area contributed by atoms with Gasteiger partial charge in [0.05, 0.1) is 0 Å². The predicted molar refractivity (Wildman–Crippen MR) is 68.8 cm³/mol. The van der Waals surface area contributed by atoms with Crippen LogP contribution in [-0.2, 0) is 4.74 Å². The van der Waals surface area contributed by atoms with Crippen LogP contribution in [0.4, 0.5) is 4.79 Å². The maximum absolute atomic E-state index is 11.9. The van der Waals surface area contributed by atoms with E-state index in [-0.39, 0.29) is 6.09 Å². The molecule has 1 N–H and O–H groups in total. The molecule has 4 heteroatoms. The zero-order valence-corrected chi connectivity index (χ0v) is 10.6. The highest BCUT2D eigenvalue weighted by Crippen LogP contribution is 2.34. The molecule has 1 aromatic rings. The van der Waals surface area contributed by atoms with Crippen molar-refractivity contribution in [2.75, 3.05) is 13.1 Å². The van der Waals surface area contributed by atoms with E-state index < -0.39 is 6.10 Å². The molecule has 1 atom stereocenters. The number of benzene rings is 1. The molecule has 1 unspecified atom stereocenters. The molecule has 0 aromatic heterocycles. The highest BCUT2D eigenvalue weighted by atomic mass is 16.6. The van der Waals surface area contributed by atoms with E-state index >= 15 is 0 Å². The van der Waals surface area contributed by atoms with Crippen molar-refractivity contribution in [1.82, 2.24) is 4.90 Å². The van der Waals surface area contributed by atoms with Crippen molar-refractivity contribution in [3.05, 3.63) is 41.5 Å². The van der Waals surface area contributed by atoms with E-state index in [4.69, 9.17) is 4.74 Å². The topological polar surface area (TPSA) is 49.8 Å². The van der Waals surface area contributed by atoms with Gasteiger partial charge in [0.1, 0.15) is 11.9 Å². The largest absolute Gasteiger partial charge is 0.415 e. The molecule has 0 fully saturated rings. The van der Waals surface area contributed by atoms with E-state index in [0.29, 0.717) is 18.8 Å². The van der Waals surface area contributed by atoms with Gasteiger partial charge in [-0.1, -0.05) is 24.3 Å². The summed E-state index contributed by atoms with van der Waals surface area (Å²) in [6.07, 6.45) is 0.488. The highest BCUT2D eigenvalue weighted by molar-refractivity contribution is 5.80. The standard InChI is InChI=1S/C14H17NO3/c1-3-15(4-2)14(17)18-13-9-12(16)10-7-5-6-8-11(10)13/h5-9,12,16H,3-4H2,1-2H3. The summed E-state index contributed by atoms with van der Waals surface area (Å²) in [5.74, 6) is 0.440. The number of aliphatic hydroxyl groups is 1. The molecule has 0 aliphatic heterocycles. The quantitative estimate of drug-likeness (QED) is 0.893. The number of rotatable bonds is 3. The normalized spacial score (nSPS) is 17.1. The van der Waals surface area contributed by atoms with E-state index in [0.717, 1.165) is 11.1 Å². The molecule has 0 saturated heterocycles. The third-order valence-corrected chi connectivity index (χ3v) is 3.07. The van der Waals surface area contributed by atoms with Gasteiger partial charge in [0.15, 0.2) is 0 Å². The summed E-state index contributed by atoms with van der Waals surface area (Å²) >= 11 is 0. The first-order valence-electron chi connectivity index (χ1n) is 6.13. The van der Waals surface area contributed by atoms with Gasteiger partial charge >= 0.3 is 6.09 Å². The van der Waals surface area contributed by atoms with Crippen LogP contribution in [0, 0.1) is 0 Å². The second kappa shape index (κ2) is 5.23. The Balaban J connectivity index is 2.17. The van der Waals surface area contributed by atoms with Crippen LogP contribution < -0.4 is 0 Å². The van der Waals surface area contributed by atoms with Gasteiger partial charge < -0.3 is 14.7 Å². The third kappa shape index (κ3) is 2.24. The molecule has 96 valence electrons. The molecule has 1 aliphatic carbocycles. The summed E-state index contributed by atoms with van der Waals surface area (Å²) in [4.78, 5) is 13.5. The van der Waals surface area contributed by atoms with E-state index in [1.807, 2.05) is 38.1 Å². The Bertz CT molecular complexity index is 478. The van der Waals surface area contributed by atoms with Crippen molar-refractivity contribution in [3.63, 3.8) is 0 Å². The Kier molecular flexibility index (Phi) is 3.67. The number of carbonyl (C=O) groups excluding carboxylic acids is 1. The van der Waals surface area contributed by atoms with Crippen LogP contribution in [0.25, 0.3) is 5.76 Å². The monoisotopic (exact) mass is 247 g/mol. The number of hydrogen-bond donors (Lipinski definition) is 1. The lowest BCUT2D eigenvalue weighted by molar-refractivity contribution is 0.148. The minimum atomic E-state index is -0.694. The van der Waals surface area contributed by atoms with Crippen molar-refractivity contribution in [2.45, 2.75) is 20.0 Å². The van der Waals surface area contributed by atoms with E-state index in [1.54, 1.807) is 11.0 Å². The fraction of sp³-hybridized carbons (Fsp3) is 0.357. The van der Waals surface area contributed by atoms with Crippen molar-refractivity contribution in [2.24, 2.45) is 0 Å². The zero-order chi connectivity index (χ0) is 13.1. The summed E-state index contributed by atoms with van der Waals surface area (Å²) in [5.41, 5.74) is 1.56. The molecule has 1 aliphatic rings. The molecule has 18 heavy (non-hydrogen) atoms. The minimum absolute atomic E-state index is 0.379. The Labute approximate surface area is 106 Å². The molecule has 0 radical (unpaired) electrons.